The molecule has 0 aliphatic rings. The van der Waals surface area contributed by atoms with Crippen LogP contribution in [0.15, 0.2) is 0 Å². The molecule has 0 heterocycles. The van der Waals surface area contributed by atoms with Crippen molar-refractivity contribution in [2.75, 3.05) is 5.75 Å². The van der Waals surface area contributed by atoms with Gasteiger partial charge in [0.25, 0.3) is 0 Å². The van der Waals surface area contributed by atoms with E-state index in [4.69, 9.17) is 5.26 Å². The maximum atomic E-state index is 8.55. The fourth-order valence-electron chi connectivity index (χ4n) is 2.06. The average Bonchev–Trinajstić information content (AvgIpc) is 2.36. The van der Waals surface area contributed by atoms with Gasteiger partial charge < -0.3 is 0 Å². The first-order valence-electron chi connectivity index (χ1n) is 7.79. The van der Waals surface area contributed by atoms with E-state index in [1.54, 1.807) is 0 Å². The second kappa shape index (κ2) is 14.9. The molecule has 0 saturated heterocycles. The van der Waals surface area contributed by atoms with E-state index in [1.165, 1.54) is 70.0 Å². The molecule has 1 unspecified atom stereocenters. The van der Waals surface area contributed by atoms with Crippen molar-refractivity contribution in [2.45, 2.75) is 89.7 Å². The molecule has 0 aromatic carbocycles. The Hall–Kier alpha value is -0.160. The molecule has 0 aliphatic heterocycles. The summed E-state index contributed by atoms with van der Waals surface area (Å²) in [4.78, 5) is 0. The number of nitrogens with zero attached hydrogens (tertiary/aromatic N) is 1. The lowest BCUT2D eigenvalue weighted by atomic mass is 10.1. The summed E-state index contributed by atoms with van der Waals surface area (Å²) < 4.78 is 0. The van der Waals surface area contributed by atoms with Gasteiger partial charge in [0.15, 0.2) is 0 Å². The summed E-state index contributed by atoms with van der Waals surface area (Å²) in [6.45, 7) is 4.43. The SMILES string of the molecule is CCCCCCCCCCCCSC(C)CC#N. The van der Waals surface area contributed by atoms with Crippen molar-refractivity contribution in [2.24, 2.45) is 0 Å². The molecule has 0 amide bonds. The molecular formula is C16H31NS. The van der Waals surface area contributed by atoms with Crippen LogP contribution in [-0.4, -0.2) is 11.0 Å². The van der Waals surface area contributed by atoms with Crippen LogP contribution in [0.4, 0.5) is 0 Å². The van der Waals surface area contributed by atoms with Gasteiger partial charge in [0, 0.05) is 11.7 Å². The number of rotatable bonds is 13. The molecule has 1 atom stereocenters. The topological polar surface area (TPSA) is 23.8 Å². The van der Waals surface area contributed by atoms with Gasteiger partial charge in [-0.25, -0.2) is 0 Å². The molecule has 18 heavy (non-hydrogen) atoms. The van der Waals surface area contributed by atoms with Crippen molar-refractivity contribution in [3.8, 4) is 6.07 Å². The van der Waals surface area contributed by atoms with Crippen LogP contribution in [0, 0.1) is 11.3 Å². The van der Waals surface area contributed by atoms with Crippen molar-refractivity contribution in [1.29, 1.82) is 5.26 Å². The van der Waals surface area contributed by atoms with Gasteiger partial charge in [-0.1, -0.05) is 71.6 Å². The second-order valence-corrected chi connectivity index (χ2v) is 6.77. The molecule has 2 heteroatoms. The van der Waals surface area contributed by atoms with Crippen LogP contribution >= 0.6 is 11.8 Å². The number of hydrogen-bond donors (Lipinski definition) is 0. The fourth-order valence-corrected chi connectivity index (χ4v) is 3.03. The monoisotopic (exact) mass is 269 g/mol. The smallest absolute Gasteiger partial charge is 0.0633 e. The van der Waals surface area contributed by atoms with Crippen LogP contribution in [0.25, 0.3) is 0 Å². The zero-order chi connectivity index (χ0) is 13.5. The van der Waals surface area contributed by atoms with Gasteiger partial charge >= 0.3 is 0 Å². The molecule has 0 N–H and O–H groups in total. The third-order valence-corrected chi connectivity index (χ3v) is 4.54. The summed E-state index contributed by atoms with van der Waals surface area (Å²) in [6, 6.07) is 2.24. The van der Waals surface area contributed by atoms with Crippen LogP contribution in [0.1, 0.15) is 84.5 Å². The van der Waals surface area contributed by atoms with Gasteiger partial charge in [-0.15, -0.1) is 0 Å². The van der Waals surface area contributed by atoms with Gasteiger partial charge in [-0.3, -0.25) is 0 Å². The Morgan fingerprint density at radius 1 is 0.889 bits per heavy atom. The van der Waals surface area contributed by atoms with Gasteiger partial charge in [-0.2, -0.15) is 17.0 Å². The Morgan fingerprint density at radius 3 is 1.89 bits per heavy atom. The van der Waals surface area contributed by atoms with Crippen molar-refractivity contribution in [1.82, 2.24) is 0 Å². The highest BCUT2D eigenvalue weighted by molar-refractivity contribution is 7.99. The summed E-state index contributed by atoms with van der Waals surface area (Å²) in [6.07, 6.45) is 14.7. The van der Waals surface area contributed by atoms with E-state index in [9.17, 15) is 0 Å². The van der Waals surface area contributed by atoms with E-state index in [2.05, 4.69) is 19.9 Å². The third kappa shape index (κ3) is 13.9. The summed E-state index contributed by atoms with van der Waals surface area (Å²) in [5.41, 5.74) is 0. The van der Waals surface area contributed by atoms with Gasteiger partial charge in [0.1, 0.15) is 0 Å². The highest BCUT2D eigenvalue weighted by Crippen LogP contribution is 2.17. The maximum Gasteiger partial charge on any atom is 0.0633 e. The number of thioether (sulfide) groups is 1. The molecule has 106 valence electrons. The Morgan fingerprint density at radius 2 is 1.39 bits per heavy atom. The van der Waals surface area contributed by atoms with Crippen molar-refractivity contribution in [3.63, 3.8) is 0 Å². The molecule has 0 rings (SSSR count). The molecule has 0 radical (unpaired) electrons. The minimum absolute atomic E-state index is 0.522. The maximum absolute atomic E-state index is 8.55. The Kier molecular flexibility index (Phi) is 14.8. The van der Waals surface area contributed by atoms with Crippen LogP contribution < -0.4 is 0 Å². The van der Waals surface area contributed by atoms with E-state index < -0.39 is 0 Å². The first-order chi connectivity index (χ1) is 8.81. The molecule has 0 aromatic heterocycles. The molecule has 0 fully saturated rings. The number of nitriles is 1. The predicted octanol–water partition coefficient (Wildman–Crippen LogP) is 5.94. The third-order valence-electron chi connectivity index (χ3n) is 3.28. The van der Waals surface area contributed by atoms with Gasteiger partial charge in [-0.05, 0) is 12.2 Å². The standard InChI is InChI=1S/C16H31NS/c1-3-4-5-6-7-8-9-10-11-12-15-18-16(2)13-14-17/h16H,3-13,15H2,1-2H3. The zero-order valence-corrected chi connectivity index (χ0v) is 13.2. The summed E-state index contributed by atoms with van der Waals surface area (Å²) >= 11 is 1.96. The lowest BCUT2D eigenvalue weighted by molar-refractivity contribution is 0.563. The van der Waals surface area contributed by atoms with Crippen LogP contribution in [0.5, 0.6) is 0 Å². The highest BCUT2D eigenvalue weighted by atomic mass is 32.2. The molecule has 0 bridgehead atoms. The van der Waals surface area contributed by atoms with Crippen molar-refractivity contribution in [3.05, 3.63) is 0 Å². The zero-order valence-electron chi connectivity index (χ0n) is 12.4. The first kappa shape index (κ1) is 17.8. The molecule has 0 saturated carbocycles. The van der Waals surface area contributed by atoms with E-state index in [1.807, 2.05) is 11.8 Å². The predicted molar refractivity (Wildman–Crippen MR) is 84.0 cm³/mol. The Bertz CT molecular complexity index is 198. The number of hydrogen-bond acceptors (Lipinski definition) is 2. The summed E-state index contributed by atoms with van der Waals surface area (Å²) in [5, 5.41) is 9.07. The van der Waals surface area contributed by atoms with E-state index in [0.29, 0.717) is 11.7 Å². The van der Waals surface area contributed by atoms with Gasteiger partial charge in [0.2, 0.25) is 0 Å². The largest absolute Gasteiger partial charge is 0.198 e. The molecule has 1 nitrogen and oxygen atoms in total. The Balaban J connectivity index is 3.01. The molecule has 0 spiro atoms. The van der Waals surface area contributed by atoms with E-state index in [0.717, 1.165) is 0 Å². The van der Waals surface area contributed by atoms with Gasteiger partial charge in [0.05, 0.1) is 6.07 Å². The lowest BCUT2D eigenvalue weighted by Crippen LogP contribution is -1.95. The fraction of sp³-hybridized carbons (Fsp3) is 0.938. The van der Waals surface area contributed by atoms with E-state index >= 15 is 0 Å². The van der Waals surface area contributed by atoms with Crippen LogP contribution in [0.2, 0.25) is 0 Å². The second-order valence-electron chi connectivity index (χ2n) is 5.23. The quantitative estimate of drug-likeness (QED) is 0.386. The average molecular weight is 269 g/mol. The molecule has 0 aromatic rings. The summed E-state index contributed by atoms with van der Waals surface area (Å²) in [7, 11) is 0. The lowest BCUT2D eigenvalue weighted by Gasteiger charge is -2.06. The van der Waals surface area contributed by atoms with Crippen molar-refractivity contribution >= 4 is 11.8 Å². The molecular weight excluding hydrogens is 238 g/mol. The van der Waals surface area contributed by atoms with Crippen molar-refractivity contribution < 1.29 is 0 Å². The van der Waals surface area contributed by atoms with Crippen LogP contribution in [0.3, 0.4) is 0 Å². The minimum atomic E-state index is 0.522. The molecule has 0 aliphatic carbocycles. The summed E-state index contributed by atoms with van der Waals surface area (Å²) in [5.74, 6) is 1.24. The normalized spacial score (nSPS) is 12.3. The Labute approximate surface area is 119 Å². The first-order valence-corrected chi connectivity index (χ1v) is 8.84. The van der Waals surface area contributed by atoms with E-state index in [-0.39, 0.29) is 0 Å². The minimum Gasteiger partial charge on any atom is -0.198 e. The highest BCUT2D eigenvalue weighted by Gasteiger charge is 2.00. The van der Waals surface area contributed by atoms with Crippen LogP contribution in [-0.2, 0) is 0 Å². The number of unbranched alkanes of at least 4 members (excludes halogenated alkanes) is 9.